The first-order valence-electron chi connectivity index (χ1n) is 11.8. The third-order valence-electron chi connectivity index (χ3n) is 5.20. The molecule has 0 aromatic heterocycles. The molecule has 0 aliphatic heterocycles. The smallest absolute Gasteiger partial charge is 0.550 e. The number of hydrogen-bond donors (Lipinski definition) is 0. The van der Waals surface area contributed by atoms with Crippen molar-refractivity contribution in [2.24, 2.45) is 17.8 Å². The number of carbonyl (C=O) groups excluding carboxylic acids is 3. The second kappa shape index (κ2) is 28.0. The minimum Gasteiger partial charge on any atom is -0.550 e. The fourth-order valence-electron chi connectivity index (χ4n) is 2.82. The Kier molecular flexibility index (Phi) is 34.6. The third-order valence-corrected chi connectivity index (χ3v) is 5.20. The van der Waals surface area contributed by atoms with Crippen LogP contribution >= 0.6 is 0 Å². The van der Waals surface area contributed by atoms with Gasteiger partial charge in [0, 0.05) is 17.9 Å². The fourth-order valence-corrected chi connectivity index (χ4v) is 2.82. The number of aliphatic carboxylic acids is 3. The van der Waals surface area contributed by atoms with Crippen LogP contribution in [0.25, 0.3) is 0 Å². The second-order valence-electron chi connectivity index (χ2n) is 7.70. The minimum absolute atomic E-state index is 0. The van der Waals surface area contributed by atoms with Crippen LogP contribution in [0, 0.1) is 67.1 Å². The molecule has 0 rings (SSSR count). The van der Waals surface area contributed by atoms with Gasteiger partial charge in [-0.25, -0.2) is 0 Å². The quantitative estimate of drug-likeness (QED) is 0.293. The Labute approximate surface area is 231 Å². The van der Waals surface area contributed by atoms with Gasteiger partial charge in [-0.2, -0.15) is 0 Å². The van der Waals surface area contributed by atoms with Gasteiger partial charge in [0.15, 0.2) is 0 Å². The molecule has 0 aromatic rings. The molecule has 7 heteroatoms. The van der Waals surface area contributed by atoms with Gasteiger partial charge in [-0.15, -0.1) is 0 Å². The Morgan fingerprint density at radius 2 is 0.710 bits per heavy atom. The molecule has 3 unspecified atom stereocenters. The van der Waals surface area contributed by atoms with E-state index in [1.54, 1.807) is 0 Å². The molecule has 3 atom stereocenters. The molecule has 0 fully saturated rings. The minimum atomic E-state index is -0.893. The van der Waals surface area contributed by atoms with Crippen LogP contribution in [-0.2, 0) is 14.4 Å². The van der Waals surface area contributed by atoms with Gasteiger partial charge in [0.1, 0.15) is 0 Å². The zero-order chi connectivity index (χ0) is 23.9. The summed E-state index contributed by atoms with van der Waals surface area (Å²) in [5.41, 5.74) is 0. The summed E-state index contributed by atoms with van der Waals surface area (Å²) in [7, 11) is 0. The molecule has 0 aliphatic carbocycles. The number of unbranched alkanes of at least 4 members (excludes halogenated alkanes) is 3. The molecule has 31 heavy (non-hydrogen) atoms. The van der Waals surface area contributed by atoms with Crippen LogP contribution < -0.4 is 15.3 Å². The average molecular weight is 582 g/mol. The zero-order valence-corrected chi connectivity index (χ0v) is 23.0. The van der Waals surface area contributed by atoms with Crippen molar-refractivity contribution in [3.63, 3.8) is 0 Å². The van der Waals surface area contributed by atoms with Crippen molar-refractivity contribution in [3.05, 3.63) is 0 Å². The molecule has 0 aliphatic rings. The number of rotatable bonds is 15. The number of carboxylic acid groups (broad SMARTS) is 3. The topological polar surface area (TPSA) is 120 Å². The average Bonchev–Trinajstić information content (AvgIpc) is 2.70. The molecule has 0 saturated carbocycles. The standard InChI is InChI=1S/3C8H16O2.Eu/c3*1-3-5-6-7(4-2)8(9)10;/h3*7H,3-6H2,1-2H3,(H,9,10);/q;;;+3/p-3. The van der Waals surface area contributed by atoms with E-state index in [9.17, 15) is 29.7 Å². The number of carboxylic acids is 3. The van der Waals surface area contributed by atoms with Crippen LogP contribution in [0.5, 0.6) is 0 Å². The fraction of sp³-hybridized carbons (Fsp3) is 0.875. The maximum atomic E-state index is 10.3. The van der Waals surface area contributed by atoms with Crippen molar-refractivity contribution < 1.29 is 79.1 Å². The molecule has 0 amide bonds. The van der Waals surface area contributed by atoms with Crippen molar-refractivity contribution in [2.45, 2.75) is 119 Å². The largest absolute Gasteiger partial charge is 3.00 e. The molecule has 184 valence electrons. The third kappa shape index (κ3) is 26.1. The van der Waals surface area contributed by atoms with Gasteiger partial charge in [0.05, 0.1) is 0 Å². The molecule has 0 saturated heterocycles. The van der Waals surface area contributed by atoms with E-state index in [1.807, 2.05) is 20.8 Å². The summed E-state index contributed by atoms with van der Waals surface area (Å²) in [6.07, 6.45) is 10.6. The Hall–Kier alpha value is -0.00558. The molecule has 0 N–H and O–H groups in total. The maximum absolute atomic E-state index is 10.3. The van der Waals surface area contributed by atoms with E-state index in [1.165, 1.54) is 0 Å². The van der Waals surface area contributed by atoms with Crippen molar-refractivity contribution >= 4 is 17.9 Å². The van der Waals surface area contributed by atoms with Crippen LogP contribution in [0.1, 0.15) is 119 Å². The predicted molar refractivity (Wildman–Crippen MR) is 115 cm³/mol. The van der Waals surface area contributed by atoms with Gasteiger partial charge >= 0.3 is 49.4 Å². The van der Waals surface area contributed by atoms with Crippen LogP contribution in [0.15, 0.2) is 0 Å². The van der Waals surface area contributed by atoms with Crippen molar-refractivity contribution in [2.75, 3.05) is 0 Å². The summed E-state index contributed by atoms with van der Waals surface area (Å²) < 4.78 is 0. The van der Waals surface area contributed by atoms with Gasteiger partial charge < -0.3 is 29.7 Å². The van der Waals surface area contributed by atoms with Crippen LogP contribution in [0.2, 0.25) is 0 Å². The Morgan fingerprint density at radius 3 is 0.806 bits per heavy atom. The first-order chi connectivity index (χ1) is 14.2. The maximum Gasteiger partial charge on any atom is 3.00 e. The molecule has 0 aromatic carbocycles. The van der Waals surface area contributed by atoms with Crippen molar-refractivity contribution in [3.8, 4) is 0 Å². The monoisotopic (exact) mass is 582 g/mol. The van der Waals surface area contributed by atoms with E-state index in [0.717, 1.165) is 57.8 Å². The van der Waals surface area contributed by atoms with Crippen molar-refractivity contribution in [1.29, 1.82) is 0 Å². The van der Waals surface area contributed by atoms with Crippen molar-refractivity contribution in [1.82, 2.24) is 0 Å². The van der Waals surface area contributed by atoms with Crippen LogP contribution in [0.3, 0.4) is 0 Å². The summed E-state index contributed by atoms with van der Waals surface area (Å²) in [5, 5.41) is 31.0. The number of carbonyl (C=O) groups is 3. The molecule has 0 heterocycles. The first-order valence-corrected chi connectivity index (χ1v) is 11.8. The number of hydrogen-bond acceptors (Lipinski definition) is 6. The first kappa shape index (κ1) is 38.3. The summed E-state index contributed by atoms with van der Waals surface area (Å²) in [6, 6.07) is 0. The summed E-state index contributed by atoms with van der Waals surface area (Å²) in [6.45, 7) is 11.8. The van der Waals surface area contributed by atoms with Gasteiger partial charge in [-0.3, -0.25) is 0 Å². The SMILES string of the molecule is CCCCC(CC)C(=O)[O-].CCCCC(CC)C(=O)[O-].CCCCC(CC)C(=O)[O-].[Eu+3]. The molecule has 0 radical (unpaired) electrons. The molecular weight excluding hydrogens is 536 g/mol. The predicted octanol–water partition coefficient (Wildman–Crippen LogP) is 2.86. The molecule has 0 bridgehead atoms. The molecular formula is C24H45EuO6. The Balaban J connectivity index is -0.000000174. The van der Waals surface area contributed by atoms with Gasteiger partial charge in [0.2, 0.25) is 0 Å². The van der Waals surface area contributed by atoms with E-state index in [-0.39, 0.29) is 67.1 Å². The van der Waals surface area contributed by atoms with E-state index in [4.69, 9.17) is 0 Å². The van der Waals surface area contributed by atoms with Gasteiger partial charge in [-0.05, 0) is 56.3 Å². The molecule has 6 nitrogen and oxygen atoms in total. The zero-order valence-electron chi connectivity index (χ0n) is 20.5. The van der Waals surface area contributed by atoms with Gasteiger partial charge in [-0.1, -0.05) is 80.1 Å². The second-order valence-corrected chi connectivity index (χ2v) is 7.70. The van der Waals surface area contributed by atoms with E-state index in [2.05, 4.69) is 20.8 Å². The Morgan fingerprint density at radius 1 is 0.516 bits per heavy atom. The van der Waals surface area contributed by atoms with E-state index < -0.39 is 17.9 Å². The van der Waals surface area contributed by atoms with Gasteiger partial charge in [0.25, 0.3) is 0 Å². The summed E-state index contributed by atoms with van der Waals surface area (Å²) >= 11 is 0. The Bertz CT molecular complexity index is 366. The molecule has 0 spiro atoms. The summed E-state index contributed by atoms with van der Waals surface area (Å²) in [5.74, 6) is -3.34. The normalized spacial score (nSPS) is 12.6. The van der Waals surface area contributed by atoms with E-state index >= 15 is 0 Å². The van der Waals surface area contributed by atoms with Crippen LogP contribution in [0.4, 0.5) is 0 Å². The van der Waals surface area contributed by atoms with E-state index in [0.29, 0.717) is 19.3 Å². The van der Waals surface area contributed by atoms with Crippen LogP contribution in [-0.4, -0.2) is 17.9 Å². The summed E-state index contributed by atoms with van der Waals surface area (Å²) in [4.78, 5) is 31.0.